The molecule has 9 heteroatoms. The van der Waals surface area contributed by atoms with Crippen molar-refractivity contribution in [3.05, 3.63) is 59.2 Å². The van der Waals surface area contributed by atoms with E-state index in [9.17, 15) is 4.79 Å². The van der Waals surface area contributed by atoms with Crippen molar-refractivity contribution < 1.29 is 9.53 Å². The number of benzene rings is 1. The lowest BCUT2D eigenvalue weighted by atomic mass is 10.2. The van der Waals surface area contributed by atoms with Crippen LogP contribution in [0.1, 0.15) is 23.8 Å². The minimum absolute atomic E-state index is 0.312. The summed E-state index contributed by atoms with van der Waals surface area (Å²) in [5, 5.41) is 7.50. The van der Waals surface area contributed by atoms with Gasteiger partial charge < -0.3 is 4.74 Å². The maximum atomic E-state index is 12.5. The van der Waals surface area contributed by atoms with Crippen LogP contribution in [0.15, 0.2) is 53.5 Å². The van der Waals surface area contributed by atoms with Crippen molar-refractivity contribution in [3.8, 4) is 27.8 Å². The second-order valence-electron chi connectivity index (χ2n) is 5.98. The molecular weight excluding hydrogens is 406 g/mol. The van der Waals surface area contributed by atoms with Gasteiger partial charge in [-0.05, 0) is 36.8 Å². The highest BCUT2D eigenvalue weighted by Crippen LogP contribution is 2.27. The van der Waals surface area contributed by atoms with Crippen LogP contribution in [0.4, 0.5) is 5.13 Å². The summed E-state index contributed by atoms with van der Waals surface area (Å²) in [7, 11) is 0. The quantitative estimate of drug-likeness (QED) is 0.461. The Balaban J connectivity index is 1.42. The second kappa shape index (κ2) is 8.89. The number of hydrogen-bond acceptors (Lipinski definition) is 8. The maximum absolute atomic E-state index is 12.5. The van der Waals surface area contributed by atoms with E-state index < -0.39 is 0 Å². The highest BCUT2D eigenvalue weighted by Gasteiger charge is 2.15. The zero-order chi connectivity index (χ0) is 20.1. The predicted molar refractivity (Wildman–Crippen MR) is 114 cm³/mol. The molecule has 4 rings (SSSR count). The molecule has 1 amide bonds. The van der Waals surface area contributed by atoms with Gasteiger partial charge in [0.05, 0.1) is 12.3 Å². The molecule has 0 radical (unpaired) electrons. The van der Waals surface area contributed by atoms with Crippen molar-refractivity contribution in [2.75, 3.05) is 11.9 Å². The Morgan fingerprint density at radius 1 is 1.07 bits per heavy atom. The molecule has 0 bridgehead atoms. The van der Waals surface area contributed by atoms with Crippen LogP contribution in [0.5, 0.6) is 5.75 Å². The minimum atomic E-state index is -0.312. The Labute approximate surface area is 175 Å². The van der Waals surface area contributed by atoms with Crippen LogP contribution in [0.3, 0.4) is 0 Å². The van der Waals surface area contributed by atoms with E-state index in [1.807, 2.05) is 29.6 Å². The van der Waals surface area contributed by atoms with Crippen LogP contribution >= 0.6 is 22.7 Å². The highest BCUT2D eigenvalue weighted by atomic mass is 32.1. The molecule has 0 aliphatic heterocycles. The summed E-state index contributed by atoms with van der Waals surface area (Å²) < 4.78 is 5.60. The molecule has 0 spiro atoms. The van der Waals surface area contributed by atoms with Crippen molar-refractivity contribution in [2.45, 2.75) is 13.3 Å². The van der Waals surface area contributed by atoms with E-state index in [0.717, 1.165) is 23.4 Å². The molecule has 0 aliphatic carbocycles. The lowest BCUT2D eigenvalue weighted by Crippen LogP contribution is -2.12. The van der Waals surface area contributed by atoms with Gasteiger partial charge in [0.1, 0.15) is 11.4 Å². The molecule has 4 aromatic rings. The van der Waals surface area contributed by atoms with Gasteiger partial charge >= 0.3 is 0 Å². The molecule has 146 valence electrons. The van der Waals surface area contributed by atoms with E-state index in [0.29, 0.717) is 28.3 Å². The number of ether oxygens (including phenoxy) is 1. The number of hydrogen-bond donors (Lipinski definition) is 1. The standard InChI is InChI=1S/C20H17N5O2S2/c1-2-10-27-14-6-4-13(5-7-14)15-11-29-20(24-15)25-18(26)16-12-28-19(23-16)17-21-8-3-9-22-17/h3-9,11-12H,2,10H2,1H3,(H,24,25,26). The fourth-order valence-electron chi connectivity index (χ4n) is 2.46. The monoisotopic (exact) mass is 423 g/mol. The van der Waals surface area contributed by atoms with Crippen molar-refractivity contribution in [2.24, 2.45) is 0 Å². The largest absolute Gasteiger partial charge is 0.494 e. The van der Waals surface area contributed by atoms with Crippen LogP contribution in [-0.4, -0.2) is 32.4 Å². The van der Waals surface area contributed by atoms with E-state index in [-0.39, 0.29) is 5.91 Å². The smallest absolute Gasteiger partial charge is 0.276 e. The molecule has 1 aromatic carbocycles. The molecule has 3 heterocycles. The third kappa shape index (κ3) is 4.64. The van der Waals surface area contributed by atoms with Crippen LogP contribution in [-0.2, 0) is 0 Å². The Morgan fingerprint density at radius 2 is 1.86 bits per heavy atom. The summed E-state index contributed by atoms with van der Waals surface area (Å²) in [5.41, 5.74) is 2.07. The Kier molecular flexibility index (Phi) is 5.87. The Bertz CT molecular complexity index is 1090. The molecule has 0 saturated heterocycles. The lowest BCUT2D eigenvalue weighted by molar-refractivity contribution is 0.102. The average Bonchev–Trinajstić information content (AvgIpc) is 3.43. The third-order valence-electron chi connectivity index (χ3n) is 3.84. The van der Waals surface area contributed by atoms with Gasteiger partial charge in [0.15, 0.2) is 16.0 Å². The maximum Gasteiger partial charge on any atom is 0.276 e. The first-order valence-corrected chi connectivity index (χ1v) is 10.7. The normalized spacial score (nSPS) is 10.7. The number of thiazole rings is 2. The molecule has 29 heavy (non-hydrogen) atoms. The van der Waals surface area contributed by atoms with Gasteiger partial charge in [-0.1, -0.05) is 6.92 Å². The van der Waals surface area contributed by atoms with Gasteiger partial charge in [0.25, 0.3) is 5.91 Å². The van der Waals surface area contributed by atoms with E-state index in [4.69, 9.17) is 4.74 Å². The summed E-state index contributed by atoms with van der Waals surface area (Å²) in [5.74, 6) is 1.02. The minimum Gasteiger partial charge on any atom is -0.494 e. The van der Waals surface area contributed by atoms with Crippen molar-refractivity contribution in [1.29, 1.82) is 0 Å². The SMILES string of the molecule is CCCOc1ccc(-c2csc(NC(=O)c3csc(-c4ncccn4)n3)n2)cc1. The summed E-state index contributed by atoms with van der Waals surface area (Å²) in [6.07, 6.45) is 4.25. The molecule has 0 atom stereocenters. The van der Waals surface area contributed by atoms with Crippen LogP contribution in [0.2, 0.25) is 0 Å². The van der Waals surface area contributed by atoms with Crippen molar-refractivity contribution >= 4 is 33.7 Å². The first-order valence-electron chi connectivity index (χ1n) is 8.96. The van der Waals surface area contributed by atoms with Crippen LogP contribution in [0.25, 0.3) is 22.1 Å². The van der Waals surface area contributed by atoms with Gasteiger partial charge in [0.2, 0.25) is 0 Å². The molecule has 1 N–H and O–H groups in total. The topological polar surface area (TPSA) is 89.9 Å². The lowest BCUT2D eigenvalue weighted by Gasteiger charge is -2.04. The summed E-state index contributed by atoms with van der Waals surface area (Å²) in [6, 6.07) is 9.49. The van der Waals surface area contributed by atoms with Crippen LogP contribution < -0.4 is 10.1 Å². The number of anilines is 1. The average molecular weight is 424 g/mol. The van der Waals surface area contributed by atoms with E-state index in [1.54, 1.807) is 23.8 Å². The first kappa shape index (κ1) is 19.2. The molecule has 0 saturated carbocycles. The van der Waals surface area contributed by atoms with Crippen LogP contribution in [0, 0.1) is 0 Å². The van der Waals surface area contributed by atoms with Gasteiger partial charge in [-0.15, -0.1) is 22.7 Å². The molecule has 0 unspecified atom stereocenters. The predicted octanol–water partition coefficient (Wildman–Crippen LogP) is 4.76. The van der Waals surface area contributed by atoms with E-state index in [2.05, 4.69) is 32.2 Å². The molecule has 3 aromatic heterocycles. The van der Waals surface area contributed by atoms with E-state index >= 15 is 0 Å². The van der Waals surface area contributed by atoms with Gasteiger partial charge in [0, 0.05) is 28.7 Å². The van der Waals surface area contributed by atoms with Crippen molar-refractivity contribution in [1.82, 2.24) is 19.9 Å². The van der Waals surface area contributed by atoms with Gasteiger partial charge in [-0.3, -0.25) is 10.1 Å². The zero-order valence-electron chi connectivity index (χ0n) is 15.5. The highest BCUT2D eigenvalue weighted by molar-refractivity contribution is 7.14. The molecular formula is C20H17N5O2S2. The first-order chi connectivity index (χ1) is 14.2. The molecule has 0 aliphatic rings. The fourth-order valence-corrected chi connectivity index (χ4v) is 3.92. The number of rotatable bonds is 7. The van der Waals surface area contributed by atoms with E-state index in [1.165, 1.54) is 22.7 Å². The third-order valence-corrected chi connectivity index (χ3v) is 5.44. The number of nitrogens with one attached hydrogen (secondary N) is 1. The summed E-state index contributed by atoms with van der Waals surface area (Å²) >= 11 is 2.69. The Hall–Kier alpha value is -3.17. The van der Waals surface area contributed by atoms with Gasteiger partial charge in [-0.2, -0.15) is 0 Å². The summed E-state index contributed by atoms with van der Waals surface area (Å²) in [4.78, 5) is 29.6. The number of aromatic nitrogens is 4. The number of carbonyl (C=O) groups is 1. The zero-order valence-corrected chi connectivity index (χ0v) is 17.2. The molecule has 0 fully saturated rings. The fraction of sp³-hybridized carbons (Fsp3) is 0.150. The Morgan fingerprint density at radius 3 is 2.62 bits per heavy atom. The molecule has 7 nitrogen and oxygen atoms in total. The summed E-state index contributed by atoms with van der Waals surface area (Å²) in [6.45, 7) is 2.77. The number of nitrogens with zero attached hydrogens (tertiary/aromatic N) is 4. The second-order valence-corrected chi connectivity index (χ2v) is 7.69. The number of carbonyl (C=O) groups excluding carboxylic acids is 1. The van der Waals surface area contributed by atoms with Crippen molar-refractivity contribution in [3.63, 3.8) is 0 Å². The number of amides is 1. The van der Waals surface area contributed by atoms with Gasteiger partial charge in [-0.25, -0.2) is 19.9 Å².